The normalized spacial score (nSPS) is 11.2. The van der Waals surface area contributed by atoms with Crippen molar-refractivity contribution in [3.8, 4) is 17.2 Å². The van der Waals surface area contributed by atoms with E-state index in [9.17, 15) is 9.59 Å². The Hall–Kier alpha value is -4.76. The van der Waals surface area contributed by atoms with E-state index in [1.54, 1.807) is 37.4 Å². The van der Waals surface area contributed by atoms with Gasteiger partial charge >= 0.3 is 0 Å². The van der Waals surface area contributed by atoms with Crippen LogP contribution in [0.5, 0.6) is 11.5 Å². The van der Waals surface area contributed by atoms with Crippen LogP contribution in [0.25, 0.3) is 38.5 Å². The Bertz CT molecular complexity index is 1950. The van der Waals surface area contributed by atoms with Crippen molar-refractivity contribution in [2.24, 2.45) is 0 Å². The highest BCUT2D eigenvalue weighted by molar-refractivity contribution is 7.99. The van der Waals surface area contributed by atoms with Gasteiger partial charge in [-0.05, 0) is 43.3 Å². The van der Waals surface area contributed by atoms with Gasteiger partial charge in [0.05, 0.1) is 41.7 Å². The predicted octanol–water partition coefficient (Wildman–Crippen LogP) is 6.42. The monoisotopic (exact) mass is 551 g/mol. The minimum absolute atomic E-state index is 0.00288. The van der Waals surface area contributed by atoms with Crippen LogP contribution in [0.1, 0.15) is 6.92 Å². The van der Waals surface area contributed by atoms with Gasteiger partial charge in [-0.25, -0.2) is 4.98 Å². The summed E-state index contributed by atoms with van der Waals surface area (Å²) in [5, 5.41) is 5.65. The molecule has 0 aliphatic heterocycles. The third-order valence-electron chi connectivity index (χ3n) is 6.46. The van der Waals surface area contributed by atoms with Gasteiger partial charge in [0, 0.05) is 16.8 Å². The largest absolute Gasteiger partial charge is 0.495 e. The fourth-order valence-corrected chi connectivity index (χ4v) is 5.48. The van der Waals surface area contributed by atoms with Gasteiger partial charge in [0.1, 0.15) is 22.7 Å². The van der Waals surface area contributed by atoms with E-state index in [0.717, 1.165) is 16.4 Å². The minimum atomic E-state index is -0.286. The standard InChI is InChI=1S/C31H25N3O5S/c1-3-38-26-15-9-7-13-24(26)34-30(36)20-11-4-6-12-22(20)33-31(34)40-18-29(35)32-23-17-27-21(16-28(23)37-2)19-10-5-8-14-25(19)39-27/h4-17H,3,18H2,1-2H3,(H,32,35). The van der Waals surface area contributed by atoms with Crippen molar-refractivity contribution in [1.82, 2.24) is 9.55 Å². The first-order chi connectivity index (χ1) is 19.6. The van der Waals surface area contributed by atoms with E-state index in [4.69, 9.17) is 18.9 Å². The number of benzene rings is 4. The third kappa shape index (κ3) is 4.65. The number of para-hydroxylation sites is 4. The maximum atomic E-state index is 13.7. The average Bonchev–Trinajstić information content (AvgIpc) is 3.34. The Labute approximate surface area is 233 Å². The molecule has 0 atom stereocenters. The SMILES string of the molecule is CCOc1ccccc1-n1c(SCC(=O)Nc2cc3oc4ccccc4c3cc2OC)nc2ccccc2c1=O. The number of carbonyl (C=O) groups is 1. The molecule has 0 aliphatic rings. The molecule has 0 fully saturated rings. The summed E-state index contributed by atoms with van der Waals surface area (Å²) in [5.74, 6) is 0.789. The number of hydrogen-bond donors (Lipinski definition) is 1. The molecule has 0 unspecified atom stereocenters. The topological polar surface area (TPSA) is 95.6 Å². The van der Waals surface area contributed by atoms with Gasteiger partial charge in [0.2, 0.25) is 5.91 Å². The maximum absolute atomic E-state index is 13.7. The number of methoxy groups -OCH3 is 1. The summed E-state index contributed by atoms with van der Waals surface area (Å²) < 4.78 is 18.9. The molecule has 8 nitrogen and oxygen atoms in total. The Balaban J connectivity index is 1.33. The first-order valence-corrected chi connectivity index (χ1v) is 13.7. The number of rotatable bonds is 8. The molecule has 40 heavy (non-hydrogen) atoms. The maximum Gasteiger partial charge on any atom is 0.266 e. The van der Waals surface area contributed by atoms with Crippen LogP contribution >= 0.6 is 11.8 Å². The number of thioether (sulfide) groups is 1. The van der Waals surface area contributed by atoms with Gasteiger partial charge in [-0.15, -0.1) is 0 Å². The van der Waals surface area contributed by atoms with Gasteiger partial charge in [-0.3, -0.25) is 14.2 Å². The lowest BCUT2D eigenvalue weighted by Crippen LogP contribution is -2.23. The van der Waals surface area contributed by atoms with Crippen LogP contribution in [-0.4, -0.2) is 34.9 Å². The molecule has 2 aromatic heterocycles. The van der Waals surface area contributed by atoms with Gasteiger partial charge in [-0.1, -0.05) is 54.2 Å². The number of fused-ring (bicyclic) bond motifs is 4. The zero-order valence-electron chi connectivity index (χ0n) is 21.8. The number of nitrogens with one attached hydrogen (secondary N) is 1. The van der Waals surface area contributed by atoms with Crippen molar-refractivity contribution in [3.05, 3.63) is 95.3 Å². The van der Waals surface area contributed by atoms with E-state index in [1.165, 1.54) is 16.3 Å². The van der Waals surface area contributed by atoms with Crippen molar-refractivity contribution in [2.75, 3.05) is 24.8 Å². The lowest BCUT2D eigenvalue weighted by atomic mass is 10.1. The highest BCUT2D eigenvalue weighted by Crippen LogP contribution is 2.36. The number of amides is 1. The van der Waals surface area contributed by atoms with Crippen LogP contribution in [0, 0.1) is 0 Å². The summed E-state index contributed by atoms with van der Waals surface area (Å²) in [6, 6.07) is 25.8. The highest BCUT2D eigenvalue weighted by Gasteiger charge is 2.19. The minimum Gasteiger partial charge on any atom is -0.495 e. The summed E-state index contributed by atoms with van der Waals surface area (Å²) in [5.41, 5.74) is 2.77. The van der Waals surface area contributed by atoms with E-state index in [1.807, 2.05) is 61.5 Å². The van der Waals surface area contributed by atoms with E-state index in [0.29, 0.717) is 51.1 Å². The summed E-state index contributed by atoms with van der Waals surface area (Å²) in [6.07, 6.45) is 0. The van der Waals surface area contributed by atoms with Gasteiger partial charge in [0.25, 0.3) is 5.56 Å². The average molecular weight is 552 g/mol. The van der Waals surface area contributed by atoms with E-state index in [-0.39, 0.29) is 17.2 Å². The first-order valence-electron chi connectivity index (χ1n) is 12.7. The summed E-state index contributed by atoms with van der Waals surface area (Å²) in [7, 11) is 1.56. The number of aromatic nitrogens is 2. The van der Waals surface area contributed by atoms with Crippen molar-refractivity contribution in [1.29, 1.82) is 0 Å². The lowest BCUT2D eigenvalue weighted by molar-refractivity contribution is -0.113. The third-order valence-corrected chi connectivity index (χ3v) is 7.39. The summed E-state index contributed by atoms with van der Waals surface area (Å²) in [6.45, 7) is 2.32. The quantitative estimate of drug-likeness (QED) is 0.172. The van der Waals surface area contributed by atoms with Crippen molar-refractivity contribution in [2.45, 2.75) is 12.1 Å². The number of hydrogen-bond acceptors (Lipinski definition) is 7. The Morgan fingerprint density at radius 3 is 2.50 bits per heavy atom. The molecule has 0 radical (unpaired) electrons. The molecule has 0 aliphatic carbocycles. The highest BCUT2D eigenvalue weighted by atomic mass is 32.2. The molecule has 0 spiro atoms. The van der Waals surface area contributed by atoms with Crippen molar-refractivity contribution >= 4 is 56.2 Å². The summed E-state index contributed by atoms with van der Waals surface area (Å²) >= 11 is 1.17. The van der Waals surface area contributed by atoms with Crippen LogP contribution in [0.15, 0.2) is 99.3 Å². The number of carbonyl (C=O) groups excluding carboxylic acids is 1. The Morgan fingerprint density at radius 2 is 1.68 bits per heavy atom. The Kier molecular flexibility index (Phi) is 6.88. The molecular formula is C31H25N3O5S. The molecule has 2 heterocycles. The molecule has 1 N–H and O–H groups in total. The molecule has 0 saturated heterocycles. The van der Waals surface area contributed by atoms with Crippen LogP contribution < -0.4 is 20.3 Å². The van der Waals surface area contributed by atoms with Crippen LogP contribution in [0.4, 0.5) is 5.69 Å². The van der Waals surface area contributed by atoms with Gasteiger partial charge in [0.15, 0.2) is 5.16 Å². The van der Waals surface area contributed by atoms with Crippen LogP contribution in [-0.2, 0) is 4.79 Å². The van der Waals surface area contributed by atoms with Crippen LogP contribution in [0.2, 0.25) is 0 Å². The Morgan fingerprint density at radius 1 is 0.925 bits per heavy atom. The smallest absolute Gasteiger partial charge is 0.266 e. The summed E-state index contributed by atoms with van der Waals surface area (Å²) in [4.78, 5) is 31.6. The van der Waals surface area contributed by atoms with Crippen molar-refractivity contribution < 1.29 is 18.7 Å². The van der Waals surface area contributed by atoms with Crippen LogP contribution in [0.3, 0.4) is 0 Å². The molecule has 4 aromatic carbocycles. The second kappa shape index (κ2) is 10.8. The van der Waals surface area contributed by atoms with Gasteiger partial charge in [-0.2, -0.15) is 0 Å². The molecular weight excluding hydrogens is 526 g/mol. The number of ether oxygens (including phenoxy) is 2. The molecule has 6 rings (SSSR count). The lowest BCUT2D eigenvalue weighted by Gasteiger charge is -2.16. The molecule has 0 bridgehead atoms. The fraction of sp³-hybridized carbons (Fsp3) is 0.129. The van der Waals surface area contributed by atoms with E-state index >= 15 is 0 Å². The number of nitrogens with zero attached hydrogens (tertiary/aromatic N) is 2. The fourth-order valence-electron chi connectivity index (χ4n) is 4.68. The number of anilines is 1. The molecule has 9 heteroatoms. The van der Waals surface area contributed by atoms with Crippen molar-refractivity contribution in [3.63, 3.8) is 0 Å². The van der Waals surface area contributed by atoms with Gasteiger partial charge < -0.3 is 19.2 Å². The zero-order valence-corrected chi connectivity index (χ0v) is 22.7. The molecule has 0 saturated carbocycles. The molecule has 6 aromatic rings. The van der Waals surface area contributed by atoms with E-state index < -0.39 is 0 Å². The molecule has 200 valence electrons. The number of furan rings is 1. The second-order valence-electron chi connectivity index (χ2n) is 8.94. The second-order valence-corrected chi connectivity index (χ2v) is 9.88. The first kappa shape index (κ1) is 25.5. The predicted molar refractivity (Wildman–Crippen MR) is 158 cm³/mol. The zero-order chi connectivity index (χ0) is 27.6. The molecule has 1 amide bonds. The van der Waals surface area contributed by atoms with E-state index in [2.05, 4.69) is 5.32 Å².